The van der Waals surface area contributed by atoms with Crippen molar-refractivity contribution in [3.63, 3.8) is 0 Å². The number of carboxylic acids is 1. The third kappa shape index (κ3) is 6.59. The van der Waals surface area contributed by atoms with E-state index in [0.29, 0.717) is 17.1 Å². The van der Waals surface area contributed by atoms with Crippen LogP contribution in [0.2, 0.25) is 0 Å². The minimum absolute atomic E-state index is 0.0928. The van der Waals surface area contributed by atoms with Gasteiger partial charge < -0.3 is 19.3 Å². The first kappa shape index (κ1) is 24.0. The lowest BCUT2D eigenvalue weighted by molar-refractivity contribution is -0.139. The monoisotopic (exact) mass is 452 g/mol. The SMILES string of the molecule is COc1cc(C(=O)NNS(=O)(=O)c2ccc(OCC(=O)O)c(C)c2)ccc1OC(C)C. The van der Waals surface area contributed by atoms with Gasteiger partial charge in [0.2, 0.25) is 0 Å². The Balaban J connectivity index is 2.10. The molecule has 3 N–H and O–H groups in total. The number of carbonyl (C=O) groups is 2. The highest BCUT2D eigenvalue weighted by atomic mass is 32.2. The normalized spacial score (nSPS) is 11.1. The number of rotatable bonds is 10. The second kappa shape index (κ2) is 10.1. The van der Waals surface area contributed by atoms with E-state index in [2.05, 4.69) is 5.43 Å². The van der Waals surface area contributed by atoms with Crippen molar-refractivity contribution in [2.45, 2.75) is 31.8 Å². The van der Waals surface area contributed by atoms with E-state index in [4.69, 9.17) is 19.3 Å². The summed E-state index contributed by atoms with van der Waals surface area (Å²) in [4.78, 5) is 24.9. The molecule has 0 saturated carbocycles. The molecule has 168 valence electrons. The highest BCUT2D eigenvalue weighted by Gasteiger charge is 2.18. The molecule has 1 amide bonds. The predicted molar refractivity (Wildman–Crippen MR) is 111 cm³/mol. The molecule has 2 aromatic carbocycles. The maximum absolute atomic E-state index is 12.5. The number of benzene rings is 2. The van der Waals surface area contributed by atoms with Crippen LogP contribution in [0.25, 0.3) is 0 Å². The van der Waals surface area contributed by atoms with Crippen LogP contribution in [-0.4, -0.2) is 45.2 Å². The number of aliphatic carboxylic acids is 1. The summed E-state index contributed by atoms with van der Waals surface area (Å²) in [6, 6.07) is 8.34. The predicted octanol–water partition coefficient (Wildman–Crippen LogP) is 1.88. The number of amides is 1. The van der Waals surface area contributed by atoms with Crippen molar-refractivity contribution in [1.29, 1.82) is 0 Å². The van der Waals surface area contributed by atoms with Crippen LogP contribution in [0.1, 0.15) is 29.8 Å². The van der Waals surface area contributed by atoms with Crippen molar-refractivity contribution >= 4 is 21.9 Å². The van der Waals surface area contributed by atoms with Crippen LogP contribution in [-0.2, 0) is 14.8 Å². The van der Waals surface area contributed by atoms with Crippen molar-refractivity contribution in [1.82, 2.24) is 10.3 Å². The van der Waals surface area contributed by atoms with Gasteiger partial charge >= 0.3 is 5.97 Å². The van der Waals surface area contributed by atoms with Crippen LogP contribution in [0.3, 0.4) is 0 Å². The van der Waals surface area contributed by atoms with Crippen LogP contribution in [0.5, 0.6) is 17.2 Å². The van der Waals surface area contributed by atoms with Gasteiger partial charge in [-0.15, -0.1) is 4.83 Å². The van der Waals surface area contributed by atoms with Crippen LogP contribution in [0, 0.1) is 6.92 Å². The van der Waals surface area contributed by atoms with Gasteiger partial charge in [-0.2, -0.15) is 0 Å². The summed E-state index contributed by atoms with van der Waals surface area (Å²) in [6.07, 6.45) is -0.0928. The topological polar surface area (TPSA) is 140 Å². The molecule has 10 nitrogen and oxygen atoms in total. The van der Waals surface area contributed by atoms with Gasteiger partial charge in [0.15, 0.2) is 18.1 Å². The van der Waals surface area contributed by atoms with E-state index in [1.165, 1.54) is 37.4 Å². The number of carboxylic acid groups (broad SMARTS) is 1. The lowest BCUT2D eigenvalue weighted by atomic mass is 10.2. The van der Waals surface area contributed by atoms with Crippen molar-refractivity contribution in [3.05, 3.63) is 47.5 Å². The molecule has 0 fully saturated rings. The van der Waals surface area contributed by atoms with Gasteiger partial charge in [0.05, 0.1) is 18.1 Å². The zero-order chi connectivity index (χ0) is 23.2. The van der Waals surface area contributed by atoms with E-state index in [1.807, 2.05) is 18.7 Å². The zero-order valence-electron chi connectivity index (χ0n) is 17.5. The third-order valence-electron chi connectivity index (χ3n) is 3.90. The number of carbonyl (C=O) groups excluding carboxylic acids is 1. The summed E-state index contributed by atoms with van der Waals surface area (Å²) < 4.78 is 40.9. The number of methoxy groups -OCH3 is 1. The number of sulfonamides is 1. The van der Waals surface area contributed by atoms with Crippen molar-refractivity contribution in [2.75, 3.05) is 13.7 Å². The molecule has 0 unspecified atom stereocenters. The third-order valence-corrected chi connectivity index (χ3v) is 5.14. The van der Waals surface area contributed by atoms with E-state index < -0.39 is 28.5 Å². The summed E-state index contributed by atoms with van der Waals surface area (Å²) in [5.74, 6) is -0.828. The fourth-order valence-electron chi connectivity index (χ4n) is 2.50. The first-order valence-corrected chi connectivity index (χ1v) is 10.6. The van der Waals surface area contributed by atoms with Gasteiger partial charge in [0.25, 0.3) is 15.9 Å². The number of aryl methyl sites for hydroxylation is 1. The fourth-order valence-corrected chi connectivity index (χ4v) is 3.42. The second-order valence-corrected chi connectivity index (χ2v) is 8.38. The van der Waals surface area contributed by atoms with Crippen LogP contribution >= 0.6 is 0 Å². The van der Waals surface area contributed by atoms with E-state index in [-0.39, 0.29) is 22.3 Å². The van der Waals surface area contributed by atoms with Crippen LogP contribution in [0.4, 0.5) is 0 Å². The Bertz CT molecular complexity index is 1070. The van der Waals surface area contributed by atoms with E-state index in [0.717, 1.165) is 0 Å². The molecule has 0 aliphatic carbocycles. The number of nitrogens with one attached hydrogen (secondary N) is 2. The Morgan fingerprint density at radius 1 is 1.06 bits per heavy atom. The van der Waals surface area contributed by atoms with E-state index in [9.17, 15) is 18.0 Å². The molecular formula is C20H24N2O8S. The van der Waals surface area contributed by atoms with Gasteiger partial charge in [0, 0.05) is 5.56 Å². The Labute approximate surface area is 180 Å². The maximum atomic E-state index is 12.5. The average Bonchev–Trinajstić information content (AvgIpc) is 2.70. The van der Waals surface area contributed by atoms with Gasteiger partial charge in [-0.05, 0) is 62.7 Å². The minimum Gasteiger partial charge on any atom is -0.493 e. The van der Waals surface area contributed by atoms with Crippen molar-refractivity contribution in [2.24, 2.45) is 0 Å². The Kier molecular flexibility index (Phi) is 7.83. The lowest BCUT2D eigenvalue weighted by Gasteiger charge is -2.15. The first-order valence-electron chi connectivity index (χ1n) is 9.15. The smallest absolute Gasteiger partial charge is 0.341 e. The maximum Gasteiger partial charge on any atom is 0.341 e. The minimum atomic E-state index is -4.08. The Morgan fingerprint density at radius 2 is 1.74 bits per heavy atom. The molecule has 0 bridgehead atoms. The quantitative estimate of drug-likeness (QED) is 0.464. The van der Waals surface area contributed by atoms with Crippen LogP contribution in [0.15, 0.2) is 41.3 Å². The highest BCUT2D eigenvalue weighted by Crippen LogP contribution is 2.29. The molecule has 31 heavy (non-hydrogen) atoms. The number of hydrogen-bond donors (Lipinski definition) is 3. The molecule has 0 aromatic heterocycles. The molecular weight excluding hydrogens is 428 g/mol. The molecule has 0 aliphatic heterocycles. The largest absolute Gasteiger partial charge is 0.493 e. The molecule has 2 rings (SSSR count). The number of ether oxygens (including phenoxy) is 3. The number of hydrogen-bond acceptors (Lipinski definition) is 7. The first-order chi connectivity index (χ1) is 14.5. The van der Waals surface area contributed by atoms with Crippen molar-refractivity contribution < 1.29 is 37.3 Å². The van der Waals surface area contributed by atoms with Gasteiger partial charge in [-0.3, -0.25) is 10.2 Å². The molecule has 0 atom stereocenters. The summed E-state index contributed by atoms with van der Waals surface area (Å²) in [6.45, 7) is 4.72. The second-order valence-electron chi connectivity index (χ2n) is 6.70. The van der Waals surface area contributed by atoms with Gasteiger partial charge in [-0.25, -0.2) is 13.2 Å². The summed E-state index contributed by atoms with van der Waals surface area (Å²) in [5, 5.41) is 8.67. The van der Waals surface area contributed by atoms with E-state index in [1.54, 1.807) is 13.0 Å². The number of hydrazine groups is 1. The average molecular weight is 452 g/mol. The standard InChI is InChI=1S/C20H24N2O8S/c1-12(2)30-17-7-5-14(10-18(17)28-4)20(25)21-22-31(26,27)15-6-8-16(13(3)9-15)29-11-19(23)24/h5-10,12,22H,11H2,1-4H3,(H,21,25)(H,23,24). The lowest BCUT2D eigenvalue weighted by Crippen LogP contribution is -2.41. The Hall–Kier alpha value is -3.31. The summed E-state index contributed by atoms with van der Waals surface area (Å²) in [7, 11) is -2.65. The molecule has 0 aliphatic rings. The van der Waals surface area contributed by atoms with Crippen LogP contribution < -0.4 is 24.5 Å². The molecule has 0 heterocycles. The molecule has 0 spiro atoms. The van der Waals surface area contributed by atoms with Crippen molar-refractivity contribution in [3.8, 4) is 17.2 Å². The molecule has 0 saturated heterocycles. The zero-order valence-corrected chi connectivity index (χ0v) is 18.3. The van der Waals surface area contributed by atoms with Gasteiger partial charge in [0.1, 0.15) is 5.75 Å². The van der Waals surface area contributed by atoms with Gasteiger partial charge in [-0.1, -0.05) is 0 Å². The summed E-state index contributed by atoms with van der Waals surface area (Å²) >= 11 is 0. The molecule has 2 aromatic rings. The summed E-state index contributed by atoms with van der Waals surface area (Å²) in [5.41, 5.74) is 2.72. The fraction of sp³-hybridized carbons (Fsp3) is 0.300. The van der Waals surface area contributed by atoms with E-state index >= 15 is 0 Å². The molecule has 0 radical (unpaired) electrons. The molecule has 11 heteroatoms. The Morgan fingerprint density at radius 3 is 2.32 bits per heavy atom. The highest BCUT2D eigenvalue weighted by molar-refractivity contribution is 7.89.